The molecule has 0 saturated carbocycles. The van der Waals surface area contributed by atoms with Gasteiger partial charge in [0.1, 0.15) is 4.21 Å². The molecule has 0 spiro atoms. The van der Waals surface area contributed by atoms with Crippen molar-refractivity contribution in [1.29, 1.82) is 0 Å². The van der Waals surface area contributed by atoms with Crippen molar-refractivity contribution in [3.8, 4) is 0 Å². The molecule has 106 valence electrons. The molecule has 2 heterocycles. The highest BCUT2D eigenvalue weighted by atomic mass is 32.2. The van der Waals surface area contributed by atoms with Crippen molar-refractivity contribution in [3.63, 3.8) is 0 Å². The lowest BCUT2D eigenvalue weighted by Crippen LogP contribution is -2.37. The average Bonchev–Trinajstić information content (AvgIpc) is 2.94. The second-order valence-electron chi connectivity index (χ2n) is 4.52. The van der Waals surface area contributed by atoms with Crippen LogP contribution in [-0.4, -0.2) is 38.9 Å². The fourth-order valence-corrected chi connectivity index (χ4v) is 4.15. The molecular formula is C12H18N2O3S2. The van der Waals surface area contributed by atoms with Crippen LogP contribution < -0.4 is 4.72 Å². The Morgan fingerprint density at radius 1 is 1.32 bits per heavy atom. The van der Waals surface area contributed by atoms with Crippen LogP contribution in [0.25, 0.3) is 0 Å². The van der Waals surface area contributed by atoms with Crippen LogP contribution in [0, 0.1) is 0 Å². The lowest BCUT2D eigenvalue weighted by molar-refractivity contribution is -0.131. The van der Waals surface area contributed by atoms with E-state index in [1.165, 1.54) is 17.8 Å². The van der Waals surface area contributed by atoms with Crippen molar-refractivity contribution in [2.45, 2.75) is 29.9 Å². The van der Waals surface area contributed by atoms with Crippen LogP contribution in [0.3, 0.4) is 0 Å². The third kappa shape index (κ3) is 4.02. The van der Waals surface area contributed by atoms with E-state index in [1.54, 1.807) is 17.5 Å². The van der Waals surface area contributed by atoms with Crippen LogP contribution in [0.15, 0.2) is 21.7 Å². The molecule has 1 saturated heterocycles. The second kappa shape index (κ2) is 6.49. The number of likely N-dealkylation sites (tertiary alicyclic amines) is 1. The number of rotatable bonds is 5. The topological polar surface area (TPSA) is 66.5 Å². The first-order chi connectivity index (χ1) is 9.09. The van der Waals surface area contributed by atoms with Gasteiger partial charge in [-0.1, -0.05) is 6.07 Å². The van der Waals surface area contributed by atoms with Crippen LogP contribution in [-0.2, 0) is 14.8 Å². The molecule has 1 fully saturated rings. The Labute approximate surface area is 117 Å². The van der Waals surface area contributed by atoms with E-state index in [9.17, 15) is 13.2 Å². The lowest BCUT2D eigenvalue weighted by atomic mass is 10.1. The van der Waals surface area contributed by atoms with E-state index >= 15 is 0 Å². The fourth-order valence-electron chi connectivity index (χ4n) is 2.08. The number of amides is 1. The third-order valence-electron chi connectivity index (χ3n) is 3.10. The first kappa shape index (κ1) is 14.5. The first-order valence-corrected chi connectivity index (χ1v) is 8.77. The molecule has 1 aromatic rings. The maximum atomic E-state index is 11.9. The zero-order valence-electron chi connectivity index (χ0n) is 10.7. The average molecular weight is 302 g/mol. The summed E-state index contributed by atoms with van der Waals surface area (Å²) in [7, 11) is -3.45. The summed E-state index contributed by atoms with van der Waals surface area (Å²) in [5, 5.41) is 1.72. The van der Waals surface area contributed by atoms with Gasteiger partial charge in [-0.2, -0.15) is 0 Å². The molecule has 0 atom stereocenters. The van der Waals surface area contributed by atoms with Crippen LogP contribution in [0.4, 0.5) is 0 Å². The van der Waals surface area contributed by atoms with Gasteiger partial charge in [0.2, 0.25) is 15.9 Å². The van der Waals surface area contributed by atoms with Crippen LogP contribution in [0.1, 0.15) is 25.7 Å². The number of piperidine rings is 1. The van der Waals surface area contributed by atoms with Gasteiger partial charge in [-0.3, -0.25) is 4.79 Å². The number of hydrogen-bond donors (Lipinski definition) is 1. The van der Waals surface area contributed by atoms with Crippen molar-refractivity contribution < 1.29 is 13.2 Å². The highest BCUT2D eigenvalue weighted by Crippen LogP contribution is 2.15. The van der Waals surface area contributed by atoms with Gasteiger partial charge < -0.3 is 4.90 Å². The van der Waals surface area contributed by atoms with Gasteiger partial charge in [0.05, 0.1) is 0 Å². The van der Waals surface area contributed by atoms with E-state index in [2.05, 4.69) is 4.72 Å². The Bertz CT molecular complexity index is 505. The molecule has 0 bridgehead atoms. The zero-order chi connectivity index (χ0) is 13.7. The summed E-state index contributed by atoms with van der Waals surface area (Å²) in [6, 6.07) is 3.25. The van der Waals surface area contributed by atoms with E-state index in [0.717, 1.165) is 25.9 Å². The Kier molecular flexibility index (Phi) is 4.95. The molecule has 5 nitrogen and oxygen atoms in total. The second-order valence-corrected chi connectivity index (χ2v) is 7.46. The van der Waals surface area contributed by atoms with Gasteiger partial charge in [0, 0.05) is 26.1 Å². The minimum absolute atomic E-state index is 0.0357. The number of carbonyl (C=O) groups excluding carboxylic acids is 1. The lowest BCUT2D eigenvalue weighted by Gasteiger charge is -2.26. The number of carbonyl (C=O) groups is 1. The Morgan fingerprint density at radius 2 is 2.05 bits per heavy atom. The van der Waals surface area contributed by atoms with E-state index in [-0.39, 0.29) is 23.1 Å². The summed E-state index contributed by atoms with van der Waals surface area (Å²) in [6.07, 6.45) is 3.50. The van der Waals surface area contributed by atoms with E-state index in [1.807, 2.05) is 4.90 Å². The monoisotopic (exact) mass is 302 g/mol. The third-order valence-corrected chi connectivity index (χ3v) is 5.96. The number of sulfonamides is 1. The maximum absolute atomic E-state index is 11.9. The SMILES string of the molecule is O=C(CCNS(=O)(=O)c1cccs1)N1CCCCC1. The Morgan fingerprint density at radius 3 is 2.68 bits per heavy atom. The summed E-state index contributed by atoms with van der Waals surface area (Å²) in [5.74, 6) is 0.0357. The van der Waals surface area contributed by atoms with E-state index in [0.29, 0.717) is 0 Å². The molecule has 1 N–H and O–H groups in total. The molecule has 19 heavy (non-hydrogen) atoms. The highest BCUT2D eigenvalue weighted by molar-refractivity contribution is 7.91. The first-order valence-electron chi connectivity index (χ1n) is 6.40. The van der Waals surface area contributed by atoms with Gasteiger partial charge in [0.25, 0.3) is 0 Å². The molecule has 1 aliphatic heterocycles. The number of nitrogens with zero attached hydrogens (tertiary/aromatic N) is 1. The predicted octanol–water partition coefficient (Wildman–Crippen LogP) is 1.43. The molecule has 1 amide bonds. The summed E-state index contributed by atoms with van der Waals surface area (Å²) in [5.41, 5.74) is 0. The maximum Gasteiger partial charge on any atom is 0.250 e. The molecule has 0 aliphatic carbocycles. The number of nitrogens with one attached hydrogen (secondary N) is 1. The van der Waals surface area contributed by atoms with Gasteiger partial charge in [-0.15, -0.1) is 11.3 Å². The summed E-state index contributed by atoms with van der Waals surface area (Å²) in [4.78, 5) is 13.7. The highest BCUT2D eigenvalue weighted by Gasteiger charge is 2.18. The quantitative estimate of drug-likeness (QED) is 0.895. The summed E-state index contributed by atoms with van der Waals surface area (Å²) in [6.45, 7) is 1.77. The summed E-state index contributed by atoms with van der Waals surface area (Å²) < 4.78 is 26.4. The fraction of sp³-hybridized carbons (Fsp3) is 0.583. The van der Waals surface area contributed by atoms with Gasteiger partial charge in [-0.25, -0.2) is 13.1 Å². The minimum Gasteiger partial charge on any atom is -0.343 e. The van der Waals surface area contributed by atoms with Crippen LogP contribution >= 0.6 is 11.3 Å². The Hall–Kier alpha value is -0.920. The number of hydrogen-bond acceptors (Lipinski definition) is 4. The molecule has 7 heteroatoms. The minimum atomic E-state index is -3.45. The molecular weight excluding hydrogens is 284 g/mol. The Balaban J connectivity index is 1.78. The smallest absolute Gasteiger partial charge is 0.250 e. The van der Waals surface area contributed by atoms with E-state index in [4.69, 9.17) is 0 Å². The normalized spacial score (nSPS) is 16.5. The molecule has 0 aromatic carbocycles. The van der Waals surface area contributed by atoms with Crippen molar-refractivity contribution in [2.24, 2.45) is 0 Å². The summed E-state index contributed by atoms with van der Waals surface area (Å²) >= 11 is 1.17. The molecule has 1 aliphatic rings. The molecule has 0 radical (unpaired) electrons. The molecule has 0 unspecified atom stereocenters. The van der Waals surface area contributed by atoms with Crippen LogP contribution in [0.2, 0.25) is 0 Å². The molecule has 1 aromatic heterocycles. The van der Waals surface area contributed by atoms with Crippen molar-refractivity contribution in [3.05, 3.63) is 17.5 Å². The number of thiophene rings is 1. The standard InChI is InChI=1S/C12H18N2O3S2/c15-11(14-8-2-1-3-9-14)6-7-13-19(16,17)12-5-4-10-18-12/h4-5,10,13H,1-3,6-9H2. The van der Waals surface area contributed by atoms with Crippen molar-refractivity contribution in [1.82, 2.24) is 9.62 Å². The van der Waals surface area contributed by atoms with E-state index < -0.39 is 10.0 Å². The zero-order valence-corrected chi connectivity index (χ0v) is 12.3. The molecule has 2 rings (SSSR count). The van der Waals surface area contributed by atoms with Gasteiger partial charge in [0.15, 0.2) is 0 Å². The van der Waals surface area contributed by atoms with Crippen molar-refractivity contribution >= 4 is 27.3 Å². The van der Waals surface area contributed by atoms with Crippen molar-refractivity contribution in [2.75, 3.05) is 19.6 Å². The van der Waals surface area contributed by atoms with Gasteiger partial charge >= 0.3 is 0 Å². The van der Waals surface area contributed by atoms with Gasteiger partial charge in [-0.05, 0) is 30.7 Å². The largest absolute Gasteiger partial charge is 0.343 e. The van der Waals surface area contributed by atoms with Crippen LogP contribution in [0.5, 0.6) is 0 Å². The predicted molar refractivity (Wildman–Crippen MR) is 74.6 cm³/mol.